The van der Waals surface area contributed by atoms with Gasteiger partial charge in [-0.25, -0.2) is 9.97 Å². The fourth-order valence-electron chi connectivity index (χ4n) is 2.56. The molecule has 0 unspecified atom stereocenters. The fourth-order valence-corrected chi connectivity index (χ4v) is 2.56. The molecule has 0 spiro atoms. The second-order valence-corrected chi connectivity index (χ2v) is 6.22. The molecule has 18 heavy (non-hydrogen) atoms. The highest BCUT2D eigenvalue weighted by Crippen LogP contribution is 2.34. The van der Waals surface area contributed by atoms with Gasteiger partial charge in [0, 0.05) is 37.6 Å². The average molecular weight is 248 g/mol. The molecule has 1 aliphatic heterocycles. The Labute approximate surface area is 110 Å². The molecule has 100 valence electrons. The topological polar surface area (TPSA) is 55.0 Å². The van der Waals surface area contributed by atoms with E-state index in [0.29, 0.717) is 12.0 Å². The maximum absolute atomic E-state index is 5.55. The third-order valence-corrected chi connectivity index (χ3v) is 3.93. The van der Waals surface area contributed by atoms with Crippen LogP contribution in [0.2, 0.25) is 0 Å². The number of piperidine rings is 1. The minimum absolute atomic E-state index is 0.413. The van der Waals surface area contributed by atoms with Gasteiger partial charge < -0.3 is 10.6 Å². The molecule has 1 aromatic rings. The molecule has 0 aromatic carbocycles. The quantitative estimate of drug-likeness (QED) is 0.871. The van der Waals surface area contributed by atoms with Gasteiger partial charge in [0.1, 0.15) is 0 Å². The monoisotopic (exact) mass is 248 g/mol. The van der Waals surface area contributed by atoms with E-state index in [-0.39, 0.29) is 0 Å². The predicted octanol–water partition coefficient (Wildman–Crippen LogP) is 2.20. The van der Waals surface area contributed by atoms with Crippen LogP contribution >= 0.6 is 0 Å². The smallest absolute Gasteiger partial charge is 0.225 e. The van der Waals surface area contributed by atoms with E-state index < -0.39 is 0 Å². The predicted molar refractivity (Wildman–Crippen MR) is 74.3 cm³/mol. The highest BCUT2D eigenvalue weighted by atomic mass is 15.2. The molecule has 0 aliphatic carbocycles. The lowest BCUT2D eigenvalue weighted by Crippen LogP contribution is -2.38. The number of nitrogens with two attached hydrogens (primary N) is 1. The van der Waals surface area contributed by atoms with E-state index >= 15 is 0 Å². The fraction of sp³-hybridized carbons (Fsp3) is 0.714. The van der Waals surface area contributed by atoms with Crippen molar-refractivity contribution in [1.29, 1.82) is 0 Å². The molecular weight excluding hydrogens is 224 g/mol. The molecule has 2 N–H and O–H groups in total. The van der Waals surface area contributed by atoms with Crippen molar-refractivity contribution in [2.45, 2.75) is 40.2 Å². The van der Waals surface area contributed by atoms with Crippen molar-refractivity contribution < 1.29 is 0 Å². The third kappa shape index (κ3) is 2.99. The maximum Gasteiger partial charge on any atom is 0.225 e. The Morgan fingerprint density at radius 1 is 1.22 bits per heavy atom. The maximum atomic E-state index is 5.55. The molecule has 1 fully saturated rings. The van der Waals surface area contributed by atoms with Crippen LogP contribution in [0.3, 0.4) is 0 Å². The van der Waals surface area contributed by atoms with E-state index in [9.17, 15) is 0 Å². The molecule has 0 radical (unpaired) electrons. The van der Waals surface area contributed by atoms with Gasteiger partial charge in [0.05, 0.1) is 0 Å². The molecule has 1 aliphatic rings. The normalized spacial score (nSPS) is 18.1. The zero-order chi connectivity index (χ0) is 13.2. The van der Waals surface area contributed by atoms with E-state index in [2.05, 4.69) is 35.6 Å². The van der Waals surface area contributed by atoms with Gasteiger partial charge in [-0.05, 0) is 24.2 Å². The highest BCUT2D eigenvalue weighted by molar-refractivity contribution is 5.30. The first-order chi connectivity index (χ1) is 8.50. The highest BCUT2D eigenvalue weighted by Gasteiger charge is 2.29. The van der Waals surface area contributed by atoms with E-state index in [4.69, 9.17) is 5.73 Å². The van der Waals surface area contributed by atoms with Crippen molar-refractivity contribution in [2.24, 2.45) is 17.1 Å². The molecular formula is C14H24N4. The van der Waals surface area contributed by atoms with Crippen LogP contribution in [0.5, 0.6) is 0 Å². The van der Waals surface area contributed by atoms with Crippen molar-refractivity contribution >= 4 is 5.95 Å². The van der Waals surface area contributed by atoms with Crippen LogP contribution in [0, 0.1) is 11.3 Å². The Kier molecular flexibility index (Phi) is 3.85. The SMILES string of the molecule is CC(C)(C)C1CCN(c2ncc(CN)cn2)CC1. The summed E-state index contributed by atoms with van der Waals surface area (Å²) in [5.41, 5.74) is 6.95. The molecule has 0 atom stereocenters. The first-order valence-electron chi connectivity index (χ1n) is 6.76. The number of anilines is 1. The minimum atomic E-state index is 0.413. The van der Waals surface area contributed by atoms with Crippen LogP contribution in [0.4, 0.5) is 5.95 Å². The van der Waals surface area contributed by atoms with Crippen molar-refractivity contribution in [3.63, 3.8) is 0 Å². The molecule has 0 saturated carbocycles. The lowest BCUT2D eigenvalue weighted by Gasteiger charge is -2.38. The molecule has 0 amide bonds. The van der Waals surface area contributed by atoms with Crippen molar-refractivity contribution in [3.05, 3.63) is 18.0 Å². The van der Waals surface area contributed by atoms with Crippen LogP contribution in [-0.2, 0) is 6.54 Å². The number of hydrogen-bond donors (Lipinski definition) is 1. The van der Waals surface area contributed by atoms with E-state index in [1.54, 1.807) is 0 Å². The lowest BCUT2D eigenvalue weighted by molar-refractivity contribution is 0.198. The van der Waals surface area contributed by atoms with Gasteiger partial charge in [-0.3, -0.25) is 0 Å². The lowest BCUT2D eigenvalue weighted by atomic mass is 9.75. The van der Waals surface area contributed by atoms with E-state index in [1.807, 2.05) is 12.4 Å². The molecule has 0 bridgehead atoms. The molecule has 1 saturated heterocycles. The summed E-state index contributed by atoms with van der Waals surface area (Å²) in [7, 11) is 0. The summed E-state index contributed by atoms with van der Waals surface area (Å²) in [6.45, 7) is 9.62. The second-order valence-electron chi connectivity index (χ2n) is 6.22. The molecule has 1 aromatic heterocycles. The number of aromatic nitrogens is 2. The van der Waals surface area contributed by atoms with Crippen molar-refractivity contribution in [3.8, 4) is 0 Å². The van der Waals surface area contributed by atoms with Crippen LogP contribution < -0.4 is 10.6 Å². The van der Waals surface area contributed by atoms with Crippen LogP contribution in [0.15, 0.2) is 12.4 Å². The first-order valence-corrected chi connectivity index (χ1v) is 6.76. The molecule has 4 nitrogen and oxygen atoms in total. The summed E-state index contributed by atoms with van der Waals surface area (Å²) >= 11 is 0. The summed E-state index contributed by atoms with van der Waals surface area (Å²) in [4.78, 5) is 11.1. The van der Waals surface area contributed by atoms with Crippen LogP contribution in [0.25, 0.3) is 0 Å². The van der Waals surface area contributed by atoms with Crippen molar-refractivity contribution in [2.75, 3.05) is 18.0 Å². The van der Waals surface area contributed by atoms with Crippen LogP contribution in [-0.4, -0.2) is 23.1 Å². The van der Waals surface area contributed by atoms with Gasteiger partial charge in [-0.2, -0.15) is 0 Å². The third-order valence-electron chi connectivity index (χ3n) is 3.93. The van der Waals surface area contributed by atoms with Gasteiger partial charge >= 0.3 is 0 Å². The van der Waals surface area contributed by atoms with Gasteiger partial charge in [0.25, 0.3) is 0 Å². The largest absolute Gasteiger partial charge is 0.341 e. The summed E-state index contributed by atoms with van der Waals surface area (Å²) < 4.78 is 0. The summed E-state index contributed by atoms with van der Waals surface area (Å²) in [5, 5.41) is 0. The standard InChI is InChI=1S/C14H24N4/c1-14(2,3)12-4-6-18(7-5-12)13-16-9-11(8-15)10-17-13/h9-10,12H,4-8,15H2,1-3H3. The van der Waals surface area contributed by atoms with Crippen LogP contribution in [0.1, 0.15) is 39.2 Å². The van der Waals surface area contributed by atoms with Crippen molar-refractivity contribution in [1.82, 2.24) is 9.97 Å². The zero-order valence-electron chi connectivity index (χ0n) is 11.7. The minimum Gasteiger partial charge on any atom is -0.341 e. The summed E-state index contributed by atoms with van der Waals surface area (Å²) in [5.74, 6) is 1.65. The van der Waals surface area contributed by atoms with Gasteiger partial charge in [-0.15, -0.1) is 0 Å². The molecule has 2 rings (SSSR count). The Bertz CT molecular complexity index is 372. The molecule has 2 heterocycles. The Morgan fingerprint density at radius 2 is 1.78 bits per heavy atom. The van der Waals surface area contributed by atoms with E-state index in [0.717, 1.165) is 30.5 Å². The number of rotatable bonds is 2. The zero-order valence-corrected chi connectivity index (χ0v) is 11.7. The van der Waals surface area contributed by atoms with Gasteiger partial charge in [0.15, 0.2) is 0 Å². The number of nitrogens with zero attached hydrogens (tertiary/aromatic N) is 3. The average Bonchev–Trinajstić information content (AvgIpc) is 2.38. The Balaban J connectivity index is 1.96. The van der Waals surface area contributed by atoms with Gasteiger partial charge in [0.2, 0.25) is 5.95 Å². The Morgan fingerprint density at radius 3 is 2.22 bits per heavy atom. The summed E-state index contributed by atoms with van der Waals surface area (Å²) in [6, 6.07) is 0. The second kappa shape index (κ2) is 5.22. The Hall–Kier alpha value is -1.16. The van der Waals surface area contributed by atoms with Gasteiger partial charge in [-0.1, -0.05) is 20.8 Å². The number of hydrogen-bond acceptors (Lipinski definition) is 4. The van der Waals surface area contributed by atoms with E-state index in [1.165, 1.54) is 12.8 Å². The first kappa shape index (κ1) is 13.3. The summed E-state index contributed by atoms with van der Waals surface area (Å²) in [6.07, 6.45) is 6.12. The molecule has 4 heteroatoms.